The molecule has 15 heavy (non-hydrogen) atoms. The second-order valence-electron chi connectivity index (χ2n) is 5.84. The molecule has 0 radical (unpaired) electrons. The summed E-state index contributed by atoms with van der Waals surface area (Å²) in [5.74, 6) is 2.11. The zero-order valence-corrected chi connectivity index (χ0v) is 10.5. The molecule has 1 N–H and O–H groups in total. The van der Waals surface area contributed by atoms with Gasteiger partial charge in [0.15, 0.2) is 0 Å². The molecule has 2 bridgehead atoms. The first-order valence-corrected chi connectivity index (χ1v) is 7.05. The highest BCUT2D eigenvalue weighted by atomic mass is 15.0. The fourth-order valence-electron chi connectivity index (χ4n) is 3.60. The smallest absolute Gasteiger partial charge is 0.0100 e. The SMILES string of the molecule is CCCCCC(C)NC1CC2CCC1C2. The van der Waals surface area contributed by atoms with Crippen LogP contribution in [0.1, 0.15) is 65.2 Å². The van der Waals surface area contributed by atoms with Crippen molar-refractivity contribution in [3.63, 3.8) is 0 Å². The summed E-state index contributed by atoms with van der Waals surface area (Å²) in [6, 6.07) is 1.63. The van der Waals surface area contributed by atoms with Gasteiger partial charge >= 0.3 is 0 Å². The van der Waals surface area contributed by atoms with Crippen molar-refractivity contribution in [2.75, 3.05) is 0 Å². The van der Waals surface area contributed by atoms with E-state index in [1.165, 1.54) is 51.4 Å². The van der Waals surface area contributed by atoms with E-state index in [1.807, 2.05) is 0 Å². The largest absolute Gasteiger partial charge is 0.311 e. The molecule has 0 saturated heterocycles. The van der Waals surface area contributed by atoms with Crippen molar-refractivity contribution in [2.45, 2.75) is 77.3 Å². The molecule has 88 valence electrons. The Labute approximate surface area is 95.0 Å². The highest BCUT2D eigenvalue weighted by Crippen LogP contribution is 2.44. The zero-order chi connectivity index (χ0) is 10.7. The highest BCUT2D eigenvalue weighted by Gasteiger charge is 2.39. The Kier molecular flexibility index (Phi) is 4.07. The van der Waals surface area contributed by atoms with Crippen molar-refractivity contribution in [3.8, 4) is 0 Å². The Hall–Kier alpha value is -0.0400. The summed E-state index contributed by atoms with van der Waals surface area (Å²) >= 11 is 0. The van der Waals surface area contributed by atoms with Crippen LogP contribution in [0.4, 0.5) is 0 Å². The van der Waals surface area contributed by atoms with Crippen LogP contribution in [-0.2, 0) is 0 Å². The topological polar surface area (TPSA) is 12.0 Å². The second kappa shape index (κ2) is 5.34. The molecule has 0 aliphatic heterocycles. The van der Waals surface area contributed by atoms with E-state index < -0.39 is 0 Å². The summed E-state index contributed by atoms with van der Waals surface area (Å²) in [6.07, 6.45) is 11.6. The Bertz CT molecular complexity index is 190. The van der Waals surface area contributed by atoms with Crippen LogP contribution in [0.5, 0.6) is 0 Å². The summed E-state index contributed by atoms with van der Waals surface area (Å²) in [7, 11) is 0. The molecule has 2 saturated carbocycles. The van der Waals surface area contributed by atoms with Gasteiger partial charge in [0.05, 0.1) is 0 Å². The van der Waals surface area contributed by atoms with Crippen LogP contribution in [0.15, 0.2) is 0 Å². The quantitative estimate of drug-likeness (QED) is 0.657. The lowest BCUT2D eigenvalue weighted by Gasteiger charge is -2.26. The van der Waals surface area contributed by atoms with E-state index in [9.17, 15) is 0 Å². The second-order valence-corrected chi connectivity index (χ2v) is 5.84. The predicted octanol–water partition coefficient (Wildman–Crippen LogP) is 3.73. The minimum Gasteiger partial charge on any atom is -0.311 e. The lowest BCUT2D eigenvalue weighted by Crippen LogP contribution is -2.39. The number of nitrogens with one attached hydrogen (secondary N) is 1. The van der Waals surface area contributed by atoms with Crippen LogP contribution in [-0.4, -0.2) is 12.1 Å². The molecular formula is C14H27N. The number of hydrogen-bond donors (Lipinski definition) is 1. The lowest BCUT2D eigenvalue weighted by molar-refractivity contribution is 0.315. The van der Waals surface area contributed by atoms with Crippen LogP contribution < -0.4 is 5.32 Å². The van der Waals surface area contributed by atoms with Gasteiger partial charge in [-0.3, -0.25) is 0 Å². The van der Waals surface area contributed by atoms with Crippen molar-refractivity contribution < 1.29 is 0 Å². The molecule has 2 fully saturated rings. The van der Waals surface area contributed by atoms with E-state index in [0.29, 0.717) is 0 Å². The van der Waals surface area contributed by atoms with Gasteiger partial charge in [-0.2, -0.15) is 0 Å². The van der Waals surface area contributed by atoms with Crippen LogP contribution in [0.2, 0.25) is 0 Å². The Morgan fingerprint density at radius 2 is 2.07 bits per heavy atom. The molecule has 0 aromatic heterocycles. The number of hydrogen-bond acceptors (Lipinski definition) is 1. The van der Waals surface area contributed by atoms with E-state index in [0.717, 1.165) is 23.9 Å². The molecular weight excluding hydrogens is 182 g/mol. The summed E-state index contributed by atoms with van der Waals surface area (Å²) < 4.78 is 0. The van der Waals surface area contributed by atoms with Crippen LogP contribution in [0.3, 0.4) is 0 Å². The molecule has 4 unspecified atom stereocenters. The molecule has 0 amide bonds. The Morgan fingerprint density at radius 1 is 1.20 bits per heavy atom. The van der Waals surface area contributed by atoms with Crippen molar-refractivity contribution >= 4 is 0 Å². The minimum atomic E-state index is 0.751. The first-order chi connectivity index (χ1) is 7.29. The molecule has 1 heteroatoms. The van der Waals surface area contributed by atoms with Gasteiger partial charge in [-0.25, -0.2) is 0 Å². The molecule has 0 heterocycles. The molecule has 2 aliphatic rings. The predicted molar refractivity (Wildman–Crippen MR) is 66.0 cm³/mol. The van der Waals surface area contributed by atoms with Gasteiger partial charge in [-0.1, -0.05) is 32.6 Å². The molecule has 1 nitrogen and oxygen atoms in total. The van der Waals surface area contributed by atoms with Gasteiger partial charge in [0.2, 0.25) is 0 Å². The number of unbranched alkanes of at least 4 members (excludes halogenated alkanes) is 2. The van der Waals surface area contributed by atoms with Gasteiger partial charge in [-0.05, 0) is 44.4 Å². The van der Waals surface area contributed by atoms with Crippen molar-refractivity contribution in [1.29, 1.82) is 0 Å². The molecule has 4 atom stereocenters. The summed E-state index contributed by atoms with van der Waals surface area (Å²) in [5, 5.41) is 3.87. The summed E-state index contributed by atoms with van der Waals surface area (Å²) in [5.41, 5.74) is 0. The maximum atomic E-state index is 3.87. The number of fused-ring (bicyclic) bond motifs is 2. The average molecular weight is 209 g/mol. The number of rotatable bonds is 6. The fraction of sp³-hybridized carbons (Fsp3) is 1.00. The van der Waals surface area contributed by atoms with Gasteiger partial charge in [-0.15, -0.1) is 0 Å². The standard InChI is InChI=1S/C14H27N/c1-3-4-5-6-11(2)15-14-10-12-7-8-13(14)9-12/h11-15H,3-10H2,1-2H3. The minimum absolute atomic E-state index is 0.751. The van der Waals surface area contributed by atoms with Gasteiger partial charge in [0.25, 0.3) is 0 Å². The molecule has 0 aromatic rings. The molecule has 0 spiro atoms. The van der Waals surface area contributed by atoms with Crippen LogP contribution in [0.25, 0.3) is 0 Å². The van der Waals surface area contributed by atoms with E-state index in [4.69, 9.17) is 0 Å². The first-order valence-electron chi connectivity index (χ1n) is 7.05. The molecule has 2 aliphatic carbocycles. The Balaban J connectivity index is 1.64. The van der Waals surface area contributed by atoms with E-state index in [2.05, 4.69) is 19.2 Å². The zero-order valence-electron chi connectivity index (χ0n) is 10.5. The molecule has 0 aromatic carbocycles. The van der Waals surface area contributed by atoms with E-state index >= 15 is 0 Å². The van der Waals surface area contributed by atoms with Crippen molar-refractivity contribution in [2.24, 2.45) is 11.8 Å². The normalized spacial score (nSPS) is 36.0. The van der Waals surface area contributed by atoms with E-state index in [1.54, 1.807) is 0 Å². The lowest BCUT2D eigenvalue weighted by atomic mass is 9.94. The van der Waals surface area contributed by atoms with Gasteiger partial charge < -0.3 is 5.32 Å². The van der Waals surface area contributed by atoms with Crippen LogP contribution in [0, 0.1) is 11.8 Å². The summed E-state index contributed by atoms with van der Waals surface area (Å²) in [4.78, 5) is 0. The monoisotopic (exact) mass is 209 g/mol. The van der Waals surface area contributed by atoms with Crippen molar-refractivity contribution in [3.05, 3.63) is 0 Å². The highest BCUT2D eigenvalue weighted by molar-refractivity contribution is 4.94. The van der Waals surface area contributed by atoms with Crippen LogP contribution >= 0.6 is 0 Å². The van der Waals surface area contributed by atoms with Gasteiger partial charge in [0.1, 0.15) is 0 Å². The third-order valence-electron chi connectivity index (χ3n) is 4.48. The van der Waals surface area contributed by atoms with Crippen molar-refractivity contribution in [1.82, 2.24) is 5.32 Å². The Morgan fingerprint density at radius 3 is 2.67 bits per heavy atom. The molecule has 2 rings (SSSR count). The van der Waals surface area contributed by atoms with Gasteiger partial charge in [0, 0.05) is 12.1 Å². The first kappa shape index (κ1) is 11.4. The maximum absolute atomic E-state index is 3.87. The summed E-state index contributed by atoms with van der Waals surface area (Å²) in [6.45, 7) is 4.66. The average Bonchev–Trinajstić information content (AvgIpc) is 2.79. The third-order valence-corrected chi connectivity index (χ3v) is 4.48. The van der Waals surface area contributed by atoms with E-state index in [-0.39, 0.29) is 0 Å². The third kappa shape index (κ3) is 2.96. The maximum Gasteiger partial charge on any atom is 0.0100 e. The fourth-order valence-corrected chi connectivity index (χ4v) is 3.60.